The molecule has 0 rings (SSSR count). The fourth-order valence-corrected chi connectivity index (χ4v) is 3.18. The average Bonchev–Trinajstić information content (AvgIpc) is 2.54. The van der Waals surface area contributed by atoms with Crippen molar-refractivity contribution in [2.75, 3.05) is 5.75 Å². The highest BCUT2D eigenvalue weighted by Gasteiger charge is 1.99. The second kappa shape index (κ2) is 18.9. The molecular weight excluding hydrogens is 292 g/mol. The summed E-state index contributed by atoms with van der Waals surface area (Å²) in [7, 11) is 0. The first kappa shape index (κ1) is 21.8. The van der Waals surface area contributed by atoms with Gasteiger partial charge in [0.2, 0.25) is 0 Å². The zero-order valence-corrected chi connectivity index (χ0v) is 15.9. The summed E-state index contributed by atoms with van der Waals surface area (Å²) in [6.45, 7) is 4.11. The van der Waals surface area contributed by atoms with Crippen LogP contribution in [-0.2, 0) is 8.98 Å². The molecule has 0 spiro atoms. The van der Waals surface area contributed by atoms with Gasteiger partial charge in [0.05, 0.1) is 12.0 Å². The maximum Gasteiger partial charge on any atom is 0.317 e. The van der Waals surface area contributed by atoms with Crippen LogP contribution in [0.3, 0.4) is 0 Å². The Balaban J connectivity index is 2.98. The Morgan fingerprint density at radius 2 is 1.09 bits per heavy atom. The van der Waals surface area contributed by atoms with Gasteiger partial charge in [-0.25, -0.2) is 0 Å². The van der Waals surface area contributed by atoms with E-state index in [1.165, 1.54) is 102 Å². The number of hydrogen-bond donors (Lipinski definition) is 0. The lowest BCUT2D eigenvalue weighted by atomic mass is 10.0. The van der Waals surface area contributed by atoms with Crippen molar-refractivity contribution in [3.63, 3.8) is 0 Å². The van der Waals surface area contributed by atoms with E-state index in [4.69, 9.17) is 4.18 Å². The van der Waals surface area contributed by atoms with Crippen LogP contribution in [0.15, 0.2) is 0 Å². The van der Waals surface area contributed by atoms with E-state index in [2.05, 4.69) is 6.92 Å². The Kier molecular flexibility index (Phi) is 18.7. The van der Waals surface area contributed by atoms with Crippen LogP contribution in [0.2, 0.25) is 0 Å². The summed E-state index contributed by atoms with van der Waals surface area (Å²) >= 11 is 1.32. The van der Waals surface area contributed by atoms with Crippen molar-refractivity contribution in [3.05, 3.63) is 0 Å². The lowest BCUT2D eigenvalue weighted by Crippen LogP contribution is -1.96. The molecule has 0 atom stereocenters. The smallest absolute Gasteiger partial charge is 0.317 e. The first-order valence-corrected chi connectivity index (χ1v) is 10.5. The first-order chi connectivity index (χ1) is 10.8. The number of hydrogen-bond acceptors (Lipinski definition) is 3. The summed E-state index contributed by atoms with van der Waals surface area (Å²) < 4.78 is 4.98. The fraction of sp³-hybridized carbons (Fsp3) is 0.947. The molecule has 0 aliphatic carbocycles. The predicted molar refractivity (Wildman–Crippen MR) is 99.2 cm³/mol. The normalized spacial score (nSPS) is 10.8. The summed E-state index contributed by atoms with van der Waals surface area (Å²) in [5.41, 5.74) is 0. The third-order valence-electron chi connectivity index (χ3n) is 4.02. The minimum Gasteiger partial charge on any atom is -0.391 e. The highest BCUT2D eigenvalue weighted by atomic mass is 32.2. The molecule has 0 aliphatic heterocycles. The van der Waals surface area contributed by atoms with Crippen LogP contribution in [0.25, 0.3) is 0 Å². The molecule has 0 radical (unpaired) electrons. The van der Waals surface area contributed by atoms with E-state index < -0.39 is 0 Å². The van der Waals surface area contributed by atoms with E-state index in [0.29, 0.717) is 6.42 Å². The molecule has 0 bridgehead atoms. The monoisotopic (exact) mass is 330 g/mol. The van der Waals surface area contributed by atoms with Gasteiger partial charge >= 0.3 is 5.97 Å². The van der Waals surface area contributed by atoms with Crippen LogP contribution in [0, 0.1) is 0 Å². The van der Waals surface area contributed by atoms with Gasteiger partial charge in [-0.05, 0) is 6.42 Å². The van der Waals surface area contributed by atoms with Crippen molar-refractivity contribution in [1.82, 2.24) is 0 Å². The highest BCUT2D eigenvalue weighted by molar-refractivity contribution is 7.95. The van der Waals surface area contributed by atoms with E-state index in [1.54, 1.807) is 0 Å². The molecule has 0 amide bonds. The molecule has 0 fully saturated rings. The molecule has 22 heavy (non-hydrogen) atoms. The fourth-order valence-electron chi connectivity index (χ4n) is 2.52. The Hall–Kier alpha value is -0.180. The number of unbranched alkanes of at least 4 members (excludes halogenated alkanes) is 13. The molecule has 0 aromatic carbocycles. The van der Waals surface area contributed by atoms with Gasteiger partial charge in [0.15, 0.2) is 0 Å². The number of carbonyl (C=O) groups excluding carboxylic acids is 1. The average molecular weight is 331 g/mol. The van der Waals surface area contributed by atoms with E-state index in [0.717, 1.165) is 5.75 Å². The van der Waals surface area contributed by atoms with E-state index in [1.807, 2.05) is 6.92 Å². The molecule has 3 heteroatoms. The molecule has 0 heterocycles. The topological polar surface area (TPSA) is 26.3 Å². The van der Waals surface area contributed by atoms with E-state index >= 15 is 0 Å². The lowest BCUT2D eigenvalue weighted by Gasteiger charge is -2.03. The molecular formula is C19H38O2S. The zero-order valence-electron chi connectivity index (χ0n) is 15.0. The van der Waals surface area contributed by atoms with Crippen molar-refractivity contribution in [2.24, 2.45) is 0 Å². The second-order valence-electron chi connectivity index (χ2n) is 6.23. The Bertz CT molecular complexity index is 231. The molecule has 0 unspecified atom stereocenters. The van der Waals surface area contributed by atoms with Gasteiger partial charge in [-0.2, -0.15) is 0 Å². The maximum atomic E-state index is 10.9. The molecule has 0 N–H and O–H groups in total. The molecule has 0 saturated carbocycles. The first-order valence-electron chi connectivity index (χ1n) is 9.63. The van der Waals surface area contributed by atoms with Crippen LogP contribution < -0.4 is 0 Å². The standard InChI is InChI=1S/C19H38O2S/c1-3-5-6-7-8-9-10-11-12-13-14-15-16-17-18-22-21-19(20)4-2/h3-18H2,1-2H3. The summed E-state index contributed by atoms with van der Waals surface area (Å²) in [5, 5.41) is 0. The van der Waals surface area contributed by atoms with Gasteiger partial charge in [0, 0.05) is 12.2 Å². The van der Waals surface area contributed by atoms with Crippen LogP contribution in [-0.4, -0.2) is 11.7 Å². The van der Waals surface area contributed by atoms with Crippen LogP contribution in [0.5, 0.6) is 0 Å². The van der Waals surface area contributed by atoms with Crippen molar-refractivity contribution >= 4 is 18.0 Å². The van der Waals surface area contributed by atoms with Crippen molar-refractivity contribution in [1.29, 1.82) is 0 Å². The molecule has 0 aromatic rings. The Labute approximate surface area is 143 Å². The molecule has 132 valence electrons. The predicted octanol–water partition coefficient (Wildman–Crippen LogP) is 7.07. The minimum absolute atomic E-state index is 0.102. The Morgan fingerprint density at radius 1 is 0.682 bits per heavy atom. The van der Waals surface area contributed by atoms with Crippen LogP contribution >= 0.6 is 12.0 Å². The SMILES string of the molecule is CCCCCCCCCCCCCCCCSOC(=O)CC. The summed E-state index contributed by atoms with van der Waals surface area (Å²) in [4.78, 5) is 10.9. The molecule has 0 aromatic heterocycles. The van der Waals surface area contributed by atoms with Crippen molar-refractivity contribution in [3.8, 4) is 0 Å². The van der Waals surface area contributed by atoms with Gasteiger partial charge in [0.25, 0.3) is 0 Å². The van der Waals surface area contributed by atoms with E-state index in [-0.39, 0.29) is 5.97 Å². The van der Waals surface area contributed by atoms with Gasteiger partial charge in [-0.3, -0.25) is 4.79 Å². The third kappa shape index (κ3) is 17.9. The van der Waals surface area contributed by atoms with Gasteiger partial charge in [0.1, 0.15) is 0 Å². The number of rotatable bonds is 17. The van der Waals surface area contributed by atoms with Gasteiger partial charge in [-0.1, -0.05) is 97.3 Å². The molecule has 2 nitrogen and oxygen atoms in total. The summed E-state index contributed by atoms with van der Waals surface area (Å²) in [5.74, 6) is 0.847. The second-order valence-corrected chi connectivity index (χ2v) is 7.04. The quantitative estimate of drug-likeness (QED) is 0.211. The highest BCUT2D eigenvalue weighted by Crippen LogP contribution is 2.14. The van der Waals surface area contributed by atoms with Gasteiger partial charge < -0.3 is 4.18 Å². The maximum absolute atomic E-state index is 10.9. The van der Waals surface area contributed by atoms with Crippen molar-refractivity contribution in [2.45, 2.75) is 110 Å². The van der Waals surface area contributed by atoms with Crippen molar-refractivity contribution < 1.29 is 8.98 Å². The van der Waals surface area contributed by atoms with E-state index in [9.17, 15) is 4.79 Å². The van der Waals surface area contributed by atoms with Gasteiger partial charge in [-0.15, -0.1) is 0 Å². The number of carbonyl (C=O) groups is 1. The summed E-state index contributed by atoms with van der Waals surface area (Å²) in [6, 6.07) is 0. The van der Waals surface area contributed by atoms with Crippen LogP contribution in [0.1, 0.15) is 110 Å². The zero-order chi connectivity index (χ0) is 16.3. The summed E-state index contributed by atoms with van der Waals surface area (Å²) in [6.07, 6.45) is 19.8. The third-order valence-corrected chi connectivity index (χ3v) is 4.78. The molecule has 0 aliphatic rings. The largest absolute Gasteiger partial charge is 0.391 e. The van der Waals surface area contributed by atoms with Crippen LogP contribution in [0.4, 0.5) is 0 Å². The molecule has 0 saturated heterocycles. The lowest BCUT2D eigenvalue weighted by molar-refractivity contribution is -0.132. The minimum atomic E-state index is -0.102. The Morgan fingerprint density at radius 3 is 1.50 bits per heavy atom.